The van der Waals surface area contributed by atoms with Crippen LogP contribution in [0.2, 0.25) is 5.02 Å². The topological polar surface area (TPSA) is 67.4 Å². The molecule has 138 valence electrons. The van der Waals surface area contributed by atoms with E-state index in [2.05, 4.69) is 10.6 Å². The Bertz CT molecular complexity index is 783. The summed E-state index contributed by atoms with van der Waals surface area (Å²) in [5.74, 6) is -0.460. The van der Waals surface area contributed by atoms with Gasteiger partial charge in [0.15, 0.2) is 0 Å². The number of anilines is 1. The average molecular weight is 379 g/mol. The Balaban J connectivity index is 1.78. The maximum Gasteiger partial charge on any atom is 0.255 e. The molecule has 2 rings (SSSR count). The second-order valence-corrected chi connectivity index (χ2v) is 5.87. The van der Waals surface area contributed by atoms with Gasteiger partial charge >= 0.3 is 0 Å². The smallest absolute Gasteiger partial charge is 0.255 e. The van der Waals surface area contributed by atoms with Gasteiger partial charge in [-0.3, -0.25) is 9.59 Å². The fraction of sp³-hybridized carbons (Fsp3) is 0.263. The van der Waals surface area contributed by atoms with Gasteiger partial charge in [-0.25, -0.2) is 4.39 Å². The minimum Gasteiger partial charge on any atom is -0.493 e. The molecule has 0 aliphatic heterocycles. The third-order valence-electron chi connectivity index (χ3n) is 3.50. The predicted octanol–water partition coefficient (Wildman–Crippen LogP) is 4.03. The third-order valence-corrected chi connectivity index (χ3v) is 3.82. The number of hydrogen-bond acceptors (Lipinski definition) is 3. The fourth-order valence-electron chi connectivity index (χ4n) is 2.29. The van der Waals surface area contributed by atoms with Crippen molar-refractivity contribution >= 4 is 29.1 Å². The molecule has 0 fully saturated rings. The van der Waals surface area contributed by atoms with Crippen LogP contribution in [0.15, 0.2) is 42.5 Å². The molecule has 2 aromatic rings. The van der Waals surface area contributed by atoms with Crippen LogP contribution in [0, 0.1) is 5.82 Å². The number of nitrogens with one attached hydrogen (secondary N) is 2. The number of carbonyl (C=O) groups excluding carboxylic acids is 2. The van der Waals surface area contributed by atoms with Gasteiger partial charge in [-0.2, -0.15) is 0 Å². The van der Waals surface area contributed by atoms with Gasteiger partial charge in [0.25, 0.3) is 5.91 Å². The molecule has 0 unspecified atom stereocenters. The quantitative estimate of drug-likeness (QED) is 0.681. The van der Waals surface area contributed by atoms with Gasteiger partial charge in [-0.1, -0.05) is 23.7 Å². The van der Waals surface area contributed by atoms with Gasteiger partial charge in [-0.05, 0) is 43.7 Å². The Kier molecular flexibility index (Phi) is 7.41. The molecule has 0 aliphatic carbocycles. The second kappa shape index (κ2) is 9.77. The summed E-state index contributed by atoms with van der Waals surface area (Å²) in [4.78, 5) is 24.1. The predicted molar refractivity (Wildman–Crippen MR) is 99.2 cm³/mol. The Morgan fingerprint density at radius 3 is 2.69 bits per heavy atom. The summed E-state index contributed by atoms with van der Waals surface area (Å²) in [5, 5.41) is 5.51. The molecule has 2 aromatic carbocycles. The third kappa shape index (κ3) is 5.74. The van der Waals surface area contributed by atoms with Crippen LogP contribution in [-0.2, 0) is 4.79 Å². The van der Waals surface area contributed by atoms with Crippen LogP contribution in [0.25, 0.3) is 0 Å². The Morgan fingerprint density at radius 1 is 1.19 bits per heavy atom. The molecular formula is C19H20ClFN2O3. The normalized spacial score (nSPS) is 10.3. The standard InChI is InChI=1S/C19H20ClFN2O3/c1-2-26-17-7-4-3-6-14(17)19(25)22-11-5-8-18(24)23-16-10-9-13(21)12-15(16)20/h3-4,6-7,9-10,12H,2,5,8,11H2,1H3,(H,22,25)(H,23,24). The van der Waals surface area contributed by atoms with Crippen LogP contribution in [0.5, 0.6) is 5.75 Å². The van der Waals surface area contributed by atoms with Crippen LogP contribution >= 0.6 is 11.6 Å². The van der Waals surface area contributed by atoms with E-state index in [0.717, 1.165) is 6.07 Å². The molecule has 0 radical (unpaired) electrons. The summed E-state index contributed by atoms with van der Waals surface area (Å²) in [6.45, 7) is 2.65. The van der Waals surface area contributed by atoms with E-state index in [9.17, 15) is 14.0 Å². The first-order valence-electron chi connectivity index (χ1n) is 8.26. The van der Waals surface area contributed by atoms with Gasteiger partial charge in [0, 0.05) is 13.0 Å². The van der Waals surface area contributed by atoms with Crippen molar-refractivity contribution < 1.29 is 18.7 Å². The molecule has 0 aliphatic rings. The molecule has 7 heteroatoms. The summed E-state index contributed by atoms with van der Waals surface area (Å²) in [6, 6.07) is 10.7. The largest absolute Gasteiger partial charge is 0.493 e. The lowest BCUT2D eigenvalue weighted by Crippen LogP contribution is -2.26. The monoisotopic (exact) mass is 378 g/mol. The van der Waals surface area contributed by atoms with E-state index in [1.54, 1.807) is 24.3 Å². The van der Waals surface area contributed by atoms with E-state index in [4.69, 9.17) is 16.3 Å². The summed E-state index contributed by atoms with van der Waals surface area (Å²) >= 11 is 5.86. The lowest BCUT2D eigenvalue weighted by Gasteiger charge is -2.10. The summed E-state index contributed by atoms with van der Waals surface area (Å²) in [7, 11) is 0. The van der Waals surface area contributed by atoms with Crippen LogP contribution < -0.4 is 15.4 Å². The average Bonchev–Trinajstić information content (AvgIpc) is 2.62. The van der Waals surface area contributed by atoms with E-state index in [-0.39, 0.29) is 23.3 Å². The molecule has 0 heterocycles. The van der Waals surface area contributed by atoms with Crippen molar-refractivity contribution in [3.63, 3.8) is 0 Å². The van der Waals surface area contributed by atoms with Crippen molar-refractivity contribution in [3.8, 4) is 5.75 Å². The first-order valence-corrected chi connectivity index (χ1v) is 8.64. The maximum atomic E-state index is 13.0. The van der Waals surface area contributed by atoms with E-state index >= 15 is 0 Å². The molecule has 0 saturated heterocycles. The number of carbonyl (C=O) groups is 2. The van der Waals surface area contributed by atoms with Crippen LogP contribution in [0.4, 0.5) is 10.1 Å². The van der Waals surface area contributed by atoms with Crippen molar-refractivity contribution in [2.45, 2.75) is 19.8 Å². The number of halogens is 2. The van der Waals surface area contributed by atoms with Crippen molar-refractivity contribution in [1.29, 1.82) is 0 Å². The summed E-state index contributed by atoms with van der Waals surface area (Å²) in [6.07, 6.45) is 0.647. The van der Waals surface area contributed by atoms with Crippen LogP contribution in [0.3, 0.4) is 0 Å². The minimum absolute atomic E-state index is 0.138. The number of ether oxygens (including phenoxy) is 1. The van der Waals surface area contributed by atoms with E-state index < -0.39 is 5.82 Å². The number of amides is 2. The zero-order chi connectivity index (χ0) is 18.9. The highest BCUT2D eigenvalue weighted by atomic mass is 35.5. The molecular weight excluding hydrogens is 359 g/mol. The highest BCUT2D eigenvalue weighted by molar-refractivity contribution is 6.33. The SMILES string of the molecule is CCOc1ccccc1C(=O)NCCCC(=O)Nc1ccc(F)cc1Cl. The number of hydrogen-bond donors (Lipinski definition) is 2. The molecule has 5 nitrogen and oxygen atoms in total. The highest BCUT2D eigenvalue weighted by Crippen LogP contribution is 2.22. The first kappa shape index (κ1) is 19.7. The number of benzene rings is 2. The van der Waals surface area contributed by atoms with Crippen LogP contribution in [-0.4, -0.2) is 25.0 Å². The fourth-order valence-corrected chi connectivity index (χ4v) is 2.50. The lowest BCUT2D eigenvalue weighted by molar-refractivity contribution is -0.116. The molecule has 0 bridgehead atoms. The van der Waals surface area contributed by atoms with E-state index in [1.807, 2.05) is 6.92 Å². The molecule has 2 amide bonds. The van der Waals surface area contributed by atoms with Gasteiger partial charge in [0.05, 0.1) is 22.9 Å². The van der Waals surface area contributed by atoms with Crippen molar-refractivity contribution in [2.75, 3.05) is 18.5 Å². The number of para-hydroxylation sites is 1. The van der Waals surface area contributed by atoms with E-state index in [1.165, 1.54) is 12.1 Å². The zero-order valence-electron chi connectivity index (χ0n) is 14.4. The maximum absolute atomic E-state index is 13.0. The molecule has 26 heavy (non-hydrogen) atoms. The van der Waals surface area contributed by atoms with Gasteiger partial charge < -0.3 is 15.4 Å². The van der Waals surface area contributed by atoms with E-state index in [0.29, 0.717) is 36.6 Å². The molecule has 2 N–H and O–H groups in total. The Labute approximate surface area is 156 Å². The number of rotatable bonds is 8. The lowest BCUT2D eigenvalue weighted by atomic mass is 10.2. The molecule has 0 saturated carbocycles. The summed E-state index contributed by atoms with van der Waals surface area (Å²) < 4.78 is 18.4. The van der Waals surface area contributed by atoms with Crippen molar-refractivity contribution in [3.05, 3.63) is 58.9 Å². The van der Waals surface area contributed by atoms with Gasteiger partial charge in [0.1, 0.15) is 11.6 Å². The molecule has 0 atom stereocenters. The second-order valence-electron chi connectivity index (χ2n) is 5.46. The first-order chi connectivity index (χ1) is 12.5. The minimum atomic E-state index is -0.469. The van der Waals surface area contributed by atoms with Gasteiger partial charge in [-0.15, -0.1) is 0 Å². The Morgan fingerprint density at radius 2 is 1.96 bits per heavy atom. The summed E-state index contributed by atoms with van der Waals surface area (Å²) in [5.41, 5.74) is 0.810. The van der Waals surface area contributed by atoms with Crippen molar-refractivity contribution in [1.82, 2.24) is 5.32 Å². The highest BCUT2D eigenvalue weighted by Gasteiger charge is 2.12. The van der Waals surface area contributed by atoms with Gasteiger partial charge in [0.2, 0.25) is 5.91 Å². The molecule has 0 aromatic heterocycles. The van der Waals surface area contributed by atoms with Crippen LogP contribution in [0.1, 0.15) is 30.1 Å². The molecule has 0 spiro atoms. The zero-order valence-corrected chi connectivity index (χ0v) is 15.1. The van der Waals surface area contributed by atoms with Crippen molar-refractivity contribution in [2.24, 2.45) is 0 Å². The Hall–Kier alpha value is -2.60.